The smallest absolute Gasteiger partial charge is 0.243 e. The predicted octanol–water partition coefficient (Wildman–Crippen LogP) is 6.41. The van der Waals surface area contributed by atoms with E-state index in [2.05, 4.69) is 5.32 Å². The van der Waals surface area contributed by atoms with Crippen molar-refractivity contribution in [2.24, 2.45) is 0 Å². The van der Waals surface area contributed by atoms with Gasteiger partial charge in [-0.05, 0) is 48.7 Å². The van der Waals surface area contributed by atoms with E-state index in [1.807, 2.05) is 44.2 Å². The van der Waals surface area contributed by atoms with Crippen LogP contribution in [-0.4, -0.2) is 34.6 Å². The Bertz CT molecular complexity index is 1160. The maximum Gasteiger partial charge on any atom is 0.243 e. The average molecular weight is 545 g/mol. The molecule has 0 saturated carbocycles. The van der Waals surface area contributed by atoms with Gasteiger partial charge in [0.2, 0.25) is 11.8 Å². The van der Waals surface area contributed by atoms with E-state index in [1.54, 1.807) is 18.2 Å². The molecule has 0 radical (unpaired) electrons. The fraction of sp³-hybridized carbons (Fsp3) is 0.310. The maximum atomic E-state index is 14.2. The normalized spacial score (nSPS) is 12.6. The van der Waals surface area contributed by atoms with Gasteiger partial charge in [-0.3, -0.25) is 9.59 Å². The van der Waals surface area contributed by atoms with Crippen LogP contribution >= 0.6 is 23.4 Å². The van der Waals surface area contributed by atoms with Crippen molar-refractivity contribution >= 4 is 35.2 Å². The van der Waals surface area contributed by atoms with Gasteiger partial charge in [0.05, 0.1) is 5.75 Å². The summed E-state index contributed by atoms with van der Waals surface area (Å²) in [4.78, 5) is 28.6. The number of carbonyl (C=O) groups excluding carboxylic acids is 2. The molecular formula is C29H31ClF2N2O2S. The number of nitrogens with zero attached hydrogens (tertiary/aromatic N) is 1. The largest absolute Gasteiger partial charge is 0.352 e. The summed E-state index contributed by atoms with van der Waals surface area (Å²) in [7, 11) is 0. The third-order valence-electron chi connectivity index (χ3n) is 6.07. The van der Waals surface area contributed by atoms with Crippen molar-refractivity contribution in [2.75, 3.05) is 5.75 Å². The number of hydrogen-bond donors (Lipinski definition) is 1. The maximum absolute atomic E-state index is 14.2. The van der Waals surface area contributed by atoms with Crippen molar-refractivity contribution < 1.29 is 18.4 Å². The minimum Gasteiger partial charge on any atom is -0.352 e. The Morgan fingerprint density at radius 2 is 1.68 bits per heavy atom. The Labute approximate surface area is 226 Å². The first-order chi connectivity index (χ1) is 17.8. The molecule has 37 heavy (non-hydrogen) atoms. The molecule has 3 aromatic rings. The average Bonchev–Trinajstić information content (AvgIpc) is 2.89. The van der Waals surface area contributed by atoms with Gasteiger partial charge >= 0.3 is 0 Å². The summed E-state index contributed by atoms with van der Waals surface area (Å²) in [5, 5.41) is 3.31. The predicted molar refractivity (Wildman–Crippen MR) is 146 cm³/mol. The lowest BCUT2D eigenvalue weighted by Crippen LogP contribution is -2.52. The van der Waals surface area contributed by atoms with Crippen LogP contribution in [0.15, 0.2) is 72.8 Å². The number of amides is 2. The molecule has 196 valence electrons. The lowest BCUT2D eigenvalue weighted by atomic mass is 10.0. The van der Waals surface area contributed by atoms with Crippen LogP contribution < -0.4 is 5.32 Å². The number of benzene rings is 3. The molecule has 0 bridgehead atoms. The van der Waals surface area contributed by atoms with Gasteiger partial charge in [-0.15, -0.1) is 11.8 Å². The molecule has 0 unspecified atom stereocenters. The van der Waals surface area contributed by atoms with Crippen LogP contribution in [0.3, 0.4) is 0 Å². The highest BCUT2D eigenvalue weighted by Crippen LogP contribution is 2.25. The Hall–Kier alpha value is -2.90. The van der Waals surface area contributed by atoms with Gasteiger partial charge in [0.1, 0.15) is 17.7 Å². The molecule has 0 aliphatic heterocycles. The SMILES string of the molecule is CC[C@@H](C)NC(=O)[C@@H](Cc1ccccc1)N(Cc1ccc(F)cc1)C(=O)CSCc1c(F)cccc1Cl. The van der Waals surface area contributed by atoms with Crippen LogP contribution in [0.25, 0.3) is 0 Å². The van der Waals surface area contributed by atoms with E-state index in [0.29, 0.717) is 22.6 Å². The van der Waals surface area contributed by atoms with Crippen LogP contribution in [0.5, 0.6) is 0 Å². The van der Waals surface area contributed by atoms with E-state index in [9.17, 15) is 18.4 Å². The second-order valence-electron chi connectivity index (χ2n) is 8.86. The van der Waals surface area contributed by atoms with Gasteiger partial charge in [0.15, 0.2) is 0 Å². The molecule has 3 rings (SSSR count). The molecule has 3 aromatic carbocycles. The summed E-state index contributed by atoms with van der Waals surface area (Å²) in [6, 6.07) is 19.0. The lowest BCUT2D eigenvalue weighted by Gasteiger charge is -2.32. The Balaban J connectivity index is 1.87. The molecule has 0 aliphatic rings. The second-order valence-corrected chi connectivity index (χ2v) is 10.3. The Morgan fingerprint density at radius 1 is 0.973 bits per heavy atom. The van der Waals surface area contributed by atoms with Gasteiger partial charge < -0.3 is 10.2 Å². The van der Waals surface area contributed by atoms with E-state index in [4.69, 9.17) is 11.6 Å². The third kappa shape index (κ3) is 8.58. The standard InChI is InChI=1S/C29H31ClF2N2O2S/c1-3-20(2)33-29(36)27(16-21-8-5-4-6-9-21)34(17-22-12-14-23(31)15-13-22)28(35)19-37-18-24-25(30)10-7-11-26(24)32/h4-15,20,27H,3,16-19H2,1-2H3,(H,33,36)/t20-,27-/m1/s1. The highest BCUT2D eigenvalue weighted by molar-refractivity contribution is 7.99. The molecule has 0 saturated heterocycles. The fourth-order valence-corrected chi connectivity index (χ4v) is 5.02. The topological polar surface area (TPSA) is 49.4 Å². The number of rotatable bonds is 12. The van der Waals surface area contributed by atoms with Crippen LogP contribution in [0.4, 0.5) is 8.78 Å². The minimum absolute atomic E-state index is 0.0216. The zero-order valence-corrected chi connectivity index (χ0v) is 22.5. The summed E-state index contributed by atoms with van der Waals surface area (Å²) < 4.78 is 27.8. The molecule has 1 N–H and O–H groups in total. The number of nitrogens with one attached hydrogen (secondary N) is 1. The quantitative estimate of drug-likeness (QED) is 0.287. The van der Waals surface area contributed by atoms with Gasteiger partial charge in [-0.25, -0.2) is 8.78 Å². The monoisotopic (exact) mass is 544 g/mol. The summed E-state index contributed by atoms with van der Waals surface area (Å²) in [5.41, 5.74) is 1.95. The number of halogens is 3. The van der Waals surface area contributed by atoms with E-state index in [1.165, 1.54) is 40.9 Å². The highest BCUT2D eigenvalue weighted by atomic mass is 35.5. The van der Waals surface area contributed by atoms with Crippen LogP contribution in [0, 0.1) is 11.6 Å². The molecular weight excluding hydrogens is 514 g/mol. The number of carbonyl (C=O) groups is 2. The molecule has 0 heterocycles. The summed E-state index contributed by atoms with van der Waals surface area (Å²) in [5.74, 6) is -1.10. The first-order valence-corrected chi connectivity index (χ1v) is 13.7. The van der Waals surface area contributed by atoms with Gasteiger partial charge in [-0.2, -0.15) is 0 Å². The summed E-state index contributed by atoms with van der Waals surface area (Å²) in [6.45, 7) is 4.02. The first-order valence-electron chi connectivity index (χ1n) is 12.2. The van der Waals surface area contributed by atoms with Gasteiger partial charge in [0, 0.05) is 35.3 Å². The number of hydrogen-bond acceptors (Lipinski definition) is 3. The van der Waals surface area contributed by atoms with Crippen LogP contribution in [-0.2, 0) is 28.3 Å². The van der Waals surface area contributed by atoms with Crippen molar-refractivity contribution in [3.05, 3.63) is 106 Å². The molecule has 2 atom stereocenters. The lowest BCUT2D eigenvalue weighted by molar-refractivity contribution is -0.139. The van der Waals surface area contributed by atoms with E-state index < -0.39 is 11.9 Å². The van der Waals surface area contributed by atoms with Crippen molar-refractivity contribution in [1.82, 2.24) is 10.2 Å². The number of thioether (sulfide) groups is 1. The van der Waals surface area contributed by atoms with E-state index in [0.717, 1.165) is 12.0 Å². The van der Waals surface area contributed by atoms with Crippen LogP contribution in [0.1, 0.15) is 37.0 Å². The zero-order chi connectivity index (χ0) is 26.8. The third-order valence-corrected chi connectivity index (χ3v) is 7.37. The highest BCUT2D eigenvalue weighted by Gasteiger charge is 2.31. The molecule has 2 amide bonds. The van der Waals surface area contributed by atoms with Crippen molar-refractivity contribution in [3.8, 4) is 0 Å². The second kappa shape index (κ2) is 14.1. The molecule has 0 fully saturated rings. The van der Waals surface area contributed by atoms with Gasteiger partial charge in [0.25, 0.3) is 0 Å². The zero-order valence-electron chi connectivity index (χ0n) is 20.9. The first kappa shape index (κ1) is 28.7. The molecule has 4 nitrogen and oxygen atoms in total. The molecule has 0 spiro atoms. The molecule has 8 heteroatoms. The van der Waals surface area contributed by atoms with E-state index in [-0.39, 0.29) is 41.7 Å². The summed E-state index contributed by atoms with van der Waals surface area (Å²) >= 11 is 7.37. The Morgan fingerprint density at radius 3 is 2.32 bits per heavy atom. The molecule has 0 aliphatic carbocycles. The minimum atomic E-state index is -0.786. The fourth-order valence-electron chi connectivity index (χ4n) is 3.78. The molecule has 0 aromatic heterocycles. The van der Waals surface area contributed by atoms with Gasteiger partial charge in [-0.1, -0.05) is 67.1 Å². The van der Waals surface area contributed by atoms with Crippen molar-refractivity contribution in [2.45, 2.75) is 51.1 Å². The summed E-state index contributed by atoms with van der Waals surface area (Å²) in [6.07, 6.45) is 1.06. The van der Waals surface area contributed by atoms with Crippen LogP contribution in [0.2, 0.25) is 5.02 Å². The van der Waals surface area contributed by atoms with Crippen molar-refractivity contribution in [3.63, 3.8) is 0 Å². The van der Waals surface area contributed by atoms with E-state index >= 15 is 0 Å². The van der Waals surface area contributed by atoms with Crippen molar-refractivity contribution in [1.29, 1.82) is 0 Å². The Kier molecular flexibility index (Phi) is 11.0.